The van der Waals surface area contributed by atoms with Crippen LogP contribution in [0.2, 0.25) is 0 Å². The van der Waals surface area contributed by atoms with Crippen LogP contribution in [0.4, 0.5) is 33.3 Å². The maximum atomic E-state index is 12.8. The Balaban J connectivity index is 0.000000224. The molecule has 2 heterocycles. The maximum Gasteiger partial charge on any atom is 0.573 e. The summed E-state index contributed by atoms with van der Waals surface area (Å²) in [4.78, 5) is 25.1. The fraction of sp³-hybridized carbons (Fsp3) is 0.333. The summed E-state index contributed by atoms with van der Waals surface area (Å²) >= 11 is 0. The van der Waals surface area contributed by atoms with Crippen molar-refractivity contribution in [3.05, 3.63) is 107 Å². The van der Waals surface area contributed by atoms with E-state index in [0.717, 1.165) is 11.1 Å². The molecule has 4 aromatic rings. The predicted molar refractivity (Wildman–Crippen MR) is 212 cm³/mol. The van der Waals surface area contributed by atoms with Gasteiger partial charge in [-0.1, -0.05) is 38.1 Å². The summed E-state index contributed by atoms with van der Waals surface area (Å²) in [6, 6.07) is 23.3. The van der Waals surface area contributed by atoms with E-state index in [9.17, 15) is 31.5 Å². The molecule has 0 spiro atoms. The van der Waals surface area contributed by atoms with E-state index in [1.54, 1.807) is 54.6 Å². The number of benzene rings is 4. The average molecular weight is 825 g/mol. The third-order valence-electron chi connectivity index (χ3n) is 9.62. The molecular formula is C42H45F5N6O6. The van der Waals surface area contributed by atoms with Crippen LogP contribution < -0.4 is 30.4 Å². The van der Waals surface area contributed by atoms with Gasteiger partial charge in [0.25, 0.3) is 0 Å². The zero-order valence-corrected chi connectivity index (χ0v) is 32.8. The average Bonchev–Trinajstić information content (AvgIpc) is 3.20. The Kier molecular flexibility index (Phi) is 14.4. The molecule has 2 amide bonds. The molecule has 17 heteroatoms. The van der Waals surface area contributed by atoms with E-state index in [4.69, 9.17) is 20.9 Å². The van der Waals surface area contributed by atoms with Gasteiger partial charge in [0.1, 0.15) is 0 Å². The maximum absolute atomic E-state index is 12.8. The molecular weight excluding hydrogens is 779 g/mol. The summed E-state index contributed by atoms with van der Waals surface area (Å²) in [5, 5.41) is 11.8. The highest BCUT2D eigenvalue weighted by atomic mass is 19.4. The van der Waals surface area contributed by atoms with Crippen LogP contribution in [0.15, 0.2) is 95.1 Å². The number of hydrogen-bond acceptors (Lipinski definition) is 10. The summed E-state index contributed by atoms with van der Waals surface area (Å²) < 4.78 is 82.7. The van der Waals surface area contributed by atoms with Crippen molar-refractivity contribution in [1.29, 1.82) is 0 Å². The molecule has 2 unspecified atom stereocenters. The highest BCUT2D eigenvalue weighted by Gasteiger charge is 2.35. The first kappa shape index (κ1) is 43.7. The Bertz CT molecular complexity index is 2150. The highest BCUT2D eigenvalue weighted by molar-refractivity contribution is 6.07. The largest absolute Gasteiger partial charge is 0.573 e. The first-order valence-electron chi connectivity index (χ1n) is 18.6. The number of amides is 2. The zero-order valence-electron chi connectivity index (χ0n) is 32.8. The van der Waals surface area contributed by atoms with E-state index in [1.807, 2.05) is 26.0 Å². The lowest BCUT2D eigenvalue weighted by molar-refractivity contribution is -0.275. The Morgan fingerprint density at radius 3 is 1.44 bits per heavy atom. The van der Waals surface area contributed by atoms with Crippen LogP contribution in [0.1, 0.15) is 61.8 Å². The van der Waals surface area contributed by atoms with Crippen LogP contribution in [0.5, 0.6) is 23.0 Å². The number of methoxy groups -OCH3 is 2. The van der Waals surface area contributed by atoms with Crippen LogP contribution >= 0.6 is 0 Å². The third-order valence-corrected chi connectivity index (χ3v) is 9.62. The second-order valence-corrected chi connectivity index (χ2v) is 13.6. The van der Waals surface area contributed by atoms with E-state index in [-0.39, 0.29) is 53.9 Å². The molecule has 0 fully saturated rings. The normalized spacial score (nSPS) is 16.8. The van der Waals surface area contributed by atoms with E-state index < -0.39 is 18.7 Å². The van der Waals surface area contributed by atoms with Crippen molar-refractivity contribution in [3.8, 4) is 23.0 Å². The molecule has 314 valence electrons. The van der Waals surface area contributed by atoms with Crippen LogP contribution in [-0.4, -0.2) is 60.4 Å². The molecule has 2 atom stereocenters. The van der Waals surface area contributed by atoms with Gasteiger partial charge in [-0.25, -0.2) is 10.0 Å². The summed E-state index contributed by atoms with van der Waals surface area (Å²) in [5.74, 6) is -0.937. The molecule has 59 heavy (non-hydrogen) atoms. The summed E-state index contributed by atoms with van der Waals surface area (Å²) in [7, 11) is 2.64. The molecule has 0 radical (unpaired) electrons. The molecule has 4 N–H and O–H groups in total. The number of carbonyl (C=O) groups is 2. The number of hydrogen-bond donors (Lipinski definition) is 2. The van der Waals surface area contributed by atoms with Gasteiger partial charge >= 0.3 is 13.0 Å². The predicted octanol–water partition coefficient (Wildman–Crippen LogP) is 8.38. The Morgan fingerprint density at radius 1 is 0.661 bits per heavy atom. The number of anilines is 2. The van der Waals surface area contributed by atoms with Crippen LogP contribution in [0.3, 0.4) is 0 Å². The van der Waals surface area contributed by atoms with Gasteiger partial charge in [-0.05, 0) is 84.6 Å². The smallest absolute Gasteiger partial charge is 0.493 e. The van der Waals surface area contributed by atoms with Crippen LogP contribution in [-0.2, 0) is 22.7 Å². The van der Waals surface area contributed by atoms with Gasteiger partial charge in [0.2, 0.25) is 11.8 Å². The quantitative estimate of drug-likeness (QED) is 0.101. The number of hydrazone groups is 2. The van der Waals surface area contributed by atoms with Crippen LogP contribution in [0.25, 0.3) is 0 Å². The molecule has 2 aliphatic heterocycles. The number of carbonyl (C=O) groups excluding carboxylic acids is 2. The lowest BCUT2D eigenvalue weighted by Gasteiger charge is -2.29. The molecule has 0 saturated heterocycles. The molecule has 0 saturated carbocycles. The number of alkyl halides is 5. The number of halogens is 5. The van der Waals surface area contributed by atoms with E-state index >= 15 is 0 Å². The standard InChI is InChI=1S/C21H22F3N3O3.C21H23F2N3O3/c1-3-14-11-19(28)27(12-13-4-7-16(25)8-5-13)26-20(14)15-6-9-17(29-2)18(10-15)30-21(22,23)24;1-3-14-11-19(27)26(12-13-4-7-16(24)8-5-13)25-20(14)15-6-9-17(28-2)18(10-15)29-21(22)23/h4-10,14H,3,11-12,25H2,1-2H3;4-10,14,21H,3,11-12,24H2,1-2H3. The van der Waals surface area contributed by atoms with Gasteiger partial charge in [0.15, 0.2) is 23.0 Å². The monoisotopic (exact) mass is 824 g/mol. The van der Waals surface area contributed by atoms with Gasteiger partial charge < -0.3 is 30.4 Å². The zero-order chi connectivity index (χ0) is 42.9. The van der Waals surface area contributed by atoms with Crippen molar-refractivity contribution in [3.63, 3.8) is 0 Å². The third kappa shape index (κ3) is 11.6. The topological polar surface area (TPSA) is 154 Å². The number of ether oxygens (including phenoxy) is 4. The first-order chi connectivity index (χ1) is 28.1. The first-order valence-corrected chi connectivity index (χ1v) is 18.6. The molecule has 6 rings (SSSR count). The van der Waals surface area contributed by atoms with Crippen molar-refractivity contribution in [2.75, 3.05) is 25.7 Å². The van der Waals surface area contributed by atoms with Gasteiger partial charge in [-0.2, -0.15) is 19.0 Å². The van der Waals surface area contributed by atoms with Gasteiger partial charge in [-0.15, -0.1) is 13.2 Å². The number of rotatable bonds is 13. The molecule has 2 aliphatic rings. The SMILES string of the molecule is CCC1CC(=O)N(Cc2ccc(N)cc2)N=C1c1ccc(OC)c(OC(F)(F)F)c1.CCC1CC(=O)N(Cc2ccc(N)cc2)N=C1c1ccc(OC)c(OC(F)F)c1. The highest BCUT2D eigenvalue weighted by Crippen LogP contribution is 2.36. The van der Waals surface area contributed by atoms with Crippen molar-refractivity contribution < 1.29 is 50.5 Å². The fourth-order valence-corrected chi connectivity index (χ4v) is 6.53. The Labute approximate surface area is 338 Å². The van der Waals surface area contributed by atoms with Crippen molar-refractivity contribution in [1.82, 2.24) is 10.0 Å². The lowest BCUT2D eigenvalue weighted by atomic mass is 9.89. The lowest BCUT2D eigenvalue weighted by Crippen LogP contribution is -2.36. The van der Waals surface area contributed by atoms with Crippen molar-refractivity contribution in [2.24, 2.45) is 22.0 Å². The number of nitrogens with zero attached hydrogens (tertiary/aromatic N) is 4. The van der Waals surface area contributed by atoms with Crippen molar-refractivity contribution in [2.45, 2.75) is 65.6 Å². The Morgan fingerprint density at radius 2 is 1.07 bits per heavy atom. The summed E-state index contributed by atoms with van der Waals surface area (Å²) in [6.45, 7) is 1.43. The van der Waals surface area contributed by atoms with E-state index in [1.165, 1.54) is 42.4 Å². The minimum absolute atomic E-state index is 0.0460. The second-order valence-electron chi connectivity index (χ2n) is 13.6. The fourth-order valence-electron chi connectivity index (χ4n) is 6.53. The van der Waals surface area contributed by atoms with Gasteiger partial charge in [0.05, 0.1) is 38.7 Å². The summed E-state index contributed by atoms with van der Waals surface area (Å²) in [5.41, 5.74) is 16.6. The molecule has 4 aromatic carbocycles. The van der Waals surface area contributed by atoms with Crippen LogP contribution in [0, 0.1) is 11.8 Å². The second kappa shape index (κ2) is 19.4. The molecule has 0 aromatic heterocycles. The van der Waals surface area contributed by atoms with E-state index in [0.29, 0.717) is 59.7 Å². The molecule has 0 aliphatic carbocycles. The number of nitrogen functional groups attached to an aromatic ring is 2. The molecule has 12 nitrogen and oxygen atoms in total. The Hall–Kier alpha value is -6.39. The van der Waals surface area contributed by atoms with Gasteiger partial charge in [0, 0.05) is 47.2 Å². The minimum atomic E-state index is -4.86. The molecule has 0 bridgehead atoms. The number of nitrogens with two attached hydrogens (primary N) is 2. The van der Waals surface area contributed by atoms with E-state index in [2.05, 4.69) is 19.7 Å². The summed E-state index contributed by atoms with van der Waals surface area (Å²) in [6.07, 6.45) is -3.05. The van der Waals surface area contributed by atoms with Crippen molar-refractivity contribution >= 4 is 34.6 Å². The minimum Gasteiger partial charge on any atom is -0.493 e. The van der Waals surface area contributed by atoms with Gasteiger partial charge in [-0.3, -0.25) is 9.59 Å².